The number of anilines is 1. The molecule has 3 rings (SSSR count). The molecule has 0 bridgehead atoms. The van der Waals surface area contributed by atoms with E-state index in [4.69, 9.17) is 4.74 Å². The number of ether oxygens (including phenoxy) is 1. The van der Waals surface area contributed by atoms with Crippen LogP contribution in [0.1, 0.15) is 43.0 Å². The Labute approximate surface area is 163 Å². The fourth-order valence-electron chi connectivity index (χ4n) is 3.40. The summed E-state index contributed by atoms with van der Waals surface area (Å²) in [5.74, 6) is 0.554. The number of esters is 1. The van der Waals surface area contributed by atoms with E-state index in [1.54, 1.807) is 31.2 Å². The summed E-state index contributed by atoms with van der Waals surface area (Å²) in [7, 11) is 0. The molecule has 1 aromatic rings. The van der Waals surface area contributed by atoms with Crippen molar-refractivity contribution >= 4 is 35.4 Å². The second-order valence-corrected chi connectivity index (χ2v) is 7.99. The quantitative estimate of drug-likeness (QED) is 0.359. The zero-order valence-corrected chi connectivity index (χ0v) is 16.1. The molecule has 2 fully saturated rings. The summed E-state index contributed by atoms with van der Waals surface area (Å²) in [6.45, 7) is 2.10. The van der Waals surface area contributed by atoms with Crippen LogP contribution in [0.4, 0.5) is 10.5 Å². The van der Waals surface area contributed by atoms with E-state index in [2.05, 4.69) is 16.0 Å². The molecule has 2 aliphatic heterocycles. The highest BCUT2D eigenvalue weighted by Crippen LogP contribution is 2.33. The van der Waals surface area contributed by atoms with Crippen LogP contribution in [0, 0.1) is 0 Å². The predicted octanol–water partition coefficient (Wildman–Crippen LogP) is 2.53. The lowest BCUT2D eigenvalue weighted by molar-refractivity contribution is -0.116. The van der Waals surface area contributed by atoms with Crippen LogP contribution in [0.15, 0.2) is 24.3 Å². The van der Waals surface area contributed by atoms with E-state index in [-0.39, 0.29) is 30.0 Å². The number of fused-ring (bicyclic) bond motifs is 1. The molecule has 2 saturated heterocycles. The first kappa shape index (κ1) is 19.5. The molecule has 8 heteroatoms. The van der Waals surface area contributed by atoms with E-state index in [0.717, 1.165) is 25.0 Å². The summed E-state index contributed by atoms with van der Waals surface area (Å²) in [4.78, 5) is 35.1. The highest BCUT2D eigenvalue weighted by Gasteiger charge is 2.42. The van der Waals surface area contributed by atoms with Crippen molar-refractivity contribution in [2.24, 2.45) is 0 Å². The van der Waals surface area contributed by atoms with E-state index in [9.17, 15) is 14.4 Å². The van der Waals surface area contributed by atoms with Crippen LogP contribution in [0.3, 0.4) is 0 Å². The fourth-order valence-corrected chi connectivity index (χ4v) is 4.95. The van der Waals surface area contributed by atoms with E-state index < -0.39 is 0 Å². The van der Waals surface area contributed by atoms with Gasteiger partial charge in [0.2, 0.25) is 5.91 Å². The van der Waals surface area contributed by atoms with E-state index in [1.807, 2.05) is 11.8 Å². The molecule has 3 atom stereocenters. The van der Waals surface area contributed by atoms with Crippen LogP contribution >= 0.6 is 11.8 Å². The number of hydrogen-bond acceptors (Lipinski definition) is 5. The Kier molecular flexibility index (Phi) is 6.60. The van der Waals surface area contributed by atoms with Gasteiger partial charge < -0.3 is 20.7 Å². The monoisotopic (exact) mass is 391 g/mol. The lowest BCUT2D eigenvalue weighted by Gasteiger charge is -2.16. The maximum atomic E-state index is 12.1. The average Bonchev–Trinajstić information content (AvgIpc) is 3.19. The molecular formula is C19H25N3O4S. The average molecular weight is 391 g/mol. The van der Waals surface area contributed by atoms with Gasteiger partial charge in [-0.3, -0.25) is 4.79 Å². The van der Waals surface area contributed by atoms with Gasteiger partial charge in [-0.25, -0.2) is 9.59 Å². The fraction of sp³-hybridized carbons (Fsp3) is 0.526. The van der Waals surface area contributed by atoms with Crippen molar-refractivity contribution in [1.29, 1.82) is 0 Å². The molecule has 0 saturated carbocycles. The van der Waals surface area contributed by atoms with Crippen molar-refractivity contribution in [3.8, 4) is 0 Å². The molecule has 0 aromatic heterocycles. The van der Waals surface area contributed by atoms with Gasteiger partial charge in [0, 0.05) is 23.1 Å². The first-order valence-corrected chi connectivity index (χ1v) is 10.4. The Hall–Kier alpha value is -2.22. The number of carbonyl (C=O) groups is 3. The minimum atomic E-state index is -0.365. The first-order chi connectivity index (χ1) is 13.1. The van der Waals surface area contributed by atoms with Crippen molar-refractivity contribution in [2.45, 2.75) is 49.9 Å². The Morgan fingerprint density at radius 2 is 2.00 bits per heavy atom. The molecule has 146 valence electrons. The summed E-state index contributed by atoms with van der Waals surface area (Å²) in [6.07, 6.45) is 3.21. The van der Waals surface area contributed by atoms with Crippen molar-refractivity contribution in [3.63, 3.8) is 0 Å². The van der Waals surface area contributed by atoms with Gasteiger partial charge in [-0.05, 0) is 44.0 Å². The van der Waals surface area contributed by atoms with Gasteiger partial charge in [-0.1, -0.05) is 6.42 Å². The van der Waals surface area contributed by atoms with Gasteiger partial charge in [0.25, 0.3) is 0 Å². The molecule has 0 spiro atoms. The van der Waals surface area contributed by atoms with E-state index in [1.165, 1.54) is 0 Å². The largest absolute Gasteiger partial charge is 0.462 e. The number of unbranched alkanes of at least 4 members (excludes halogenated alkanes) is 1. The van der Waals surface area contributed by atoms with Gasteiger partial charge in [0.05, 0.1) is 24.3 Å². The third kappa shape index (κ3) is 5.15. The lowest BCUT2D eigenvalue weighted by Crippen LogP contribution is -2.36. The van der Waals surface area contributed by atoms with Gasteiger partial charge >= 0.3 is 12.0 Å². The van der Waals surface area contributed by atoms with Gasteiger partial charge in [0.15, 0.2) is 0 Å². The van der Waals surface area contributed by atoms with Gasteiger partial charge in [0.1, 0.15) is 0 Å². The van der Waals surface area contributed by atoms with Crippen LogP contribution in [0.5, 0.6) is 0 Å². The Bertz CT molecular complexity index is 695. The van der Waals surface area contributed by atoms with Crippen LogP contribution in [0.25, 0.3) is 0 Å². The van der Waals surface area contributed by atoms with Crippen LogP contribution < -0.4 is 16.0 Å². The zero-order chi connectivity index (χ0) is 19.2. The topological polar surface area (TPSA) is 96.5 Å². The molecule has 7 nitrogen and oxygen atoms in total. The minimum absolute atomic E-state index is 0.0355. The second kappa shape index (κ2) is 9.12. The zero-order valence-electron chi connectivity index (χ0n) is 15.3. The molecule has 0 radical (unpaired) electrons. The molecule has 3 amide bonds. The number of thioether (sulfide) groups is 1. The SMILES string of the molecule is CCOC(=O)c1ccc(NC(=O)CCCC[C@@H]2SC[C@H]3NC(=O)N[C@@H]23)cc1. The molecular weight excluding hydrogens is 366 g/mol. The summed E-state index contributed by atoms with van der Waals surface area (Å²) >= 11 is 1.89. The van der Waals surface area contributed by atoms with Crippen LogP contribution in [-0.2, 0) is 9.53 Å². The number of amides is 3. The maximum absolute atomic E-state index is 12.1. The molecule has 0 aliphatic carbocycles. The highest BCUT2D eigenvalue weighted by molar-refractivity contribution is 8.00. The number of hydrogen-bond donors (Lipinski definition) is 3. The summed E-state index contributed by atoms with van der Waals surface area (Å²) < 4.78 is 4.93. The van der Waals surface area contributed by atoms with Crippen molar-refractivity contribution in [2.75, 3.05) is 17.7 Å². The van der Waals surface area contributed by atoms with Crippen molar-refractivity contribution in [1.82, 2.24) is 10.6 Å². The third-order valence-corrected chi connectivity index (χ3v) is 6.27. The van der Waals surface area contributed by atoms with Gasteiger partial charge in [-0.15, -0.1) is 0 Å². The summed E-state index contributed by atoms with van der Waals surface area (Å²) in [6, 6.07) is 7.09. The van der Waals surface area contributed by atoms with Gasteiger partial charge in [-0.2, -0.15) is 11.8 Å². The molecule has 2 heterocycles. The summed E-state index contributed by atoms with van der Waals surface area (Å²) in [5, 5.41) is 9.19. The minimum Gasteiger partial charge on any atom is -0.462 e. The van der Waals surface area contributed by atoms with Crippen molar-refractivity contribution < 1.29 is 19.1 Å². The first-order valence-electron chi connectivity index (χ1n) is 9.32. The normalized spacial score (nSPS) is 23.3. The smallest absolute Gasteiger partial charge is 0.338 e. The summed E-state index contributed by atoms with van der Waals surface area (Å²) in [5.41, 5.74) is 1.14. The number of urea groups is 1. The van der Waals surface area contributed by atoms with Crippen molar-refractivity contribution in [3.05, 3.63) is 29.8 Å². The Balaban J connectivity index is 1.35. The Morgan fingerprint density at radius 3 is 2.74 bits per heavy atom. The highest BCUT2D eigenvalue weighted by atomic mass is 32.2. The molecule has 2 aliphatic rings. The molecule has 3 N–H and O–H groups in total. The van der Waals surface area contributed by atoms with Crippen LogP contribution in [-0.4, -0.2) is 47.6 Å². The molecule has 1 aromatic carbocycles. The second-order valence-electron chi connectivity index (χ2n) is 6.71. The van der Waals surface area contributed by atoms with Crippen LogP contribution in [0.2, 0.25) is 0 Å². The number of benzene rings is 1. The third-order valence-electron chi connectivity index (χ3n) is 4.76. The number of rotatable bonds is 8. The predicted molar refractivity (Wildman–Crippen MR) is 105 cm³/mol. The maximum Gasteiger partial charge on any atom is 0.338 e. The Morgan fingerprint density at radius 1 is 1.22 bits per heavy atom. The molecule has 0 unspecified atom stereocenters. The lowest BCUT2D eigenvalue weighted by atomic mass is 10.0. The number of nitrogens with one attached hydrogen (secondary N) is 3. The number of carbonyl (C=O) groups excluding carboxylic acids is 3. The van der Waals surface area contributed by atoms with E-state index >= 15 is 0 Å². The van der Waals surface area contributed by atoms with E-state index in [0.29, 0.717) is 29.5 Å². The standard InChI is InChI=1S/C19H25N3O4S/c1-2-26-18(24)12-7-9-13(10-8-12)20-16(23)6-4-3-5-15-17-14(11-27-15)21-19(25)22-17/h7-10,14-15,17H,2-6,11H2,1H3,(H,20,23)(H2,21,22,25)/t14-,15+,17-/m1/s1. The molecule has 27 heavy (non-hydrogen) atoms.